The van der Waals surface area contributed by atoms with Crippen LogP contribution >= 0.6 is 0 Å². The van der Waals surface area contributed by atoms with Gasteiger partial charge in [0.05, 0.1) is 12.2 Å². The van der Waals surface area contributed by atoms with E-state index in [0.29, 0.717) is 18.6 Å². The largest absolute Gasteiger partial charge is 0.459 e. The Bertz CT molecular complexity index is 541. The molecule has 0 aliphatic carbocycles. The fraction of sp³-hybridized carbons (Fsp3) is 0.600. The Morgan fingerprint density at radius 3 is 2.28 bits per heavy atom. The molecule has 1 aromatic rings. The SMILES string of the molecule is CCCOC(=O)N(C)C(C)CC(C)OC(=O)c1ccc(CCC)cc1. The monoisotopic (exact) mass is 349 g/mol. The number of amides is 1. The van der Waals surface area contributed by atoms with Crippen LogP contribution in [0.1, 0.15) is 62.9 Å². The van der Waals surface area contributed by atoms with Gasteiger partial charge < -0.3 is 14.4 Å². The minimum absolute atomic E-state index is 0.0842. The predicted molar refractivity (Wildman–Crippen MR) is 98.8 cm³/mol. The van der Waals surface area contributed by atoms with Gasteiger partial charge in [0.2, 0.25) is 0 Å². The van der Waals surface area contributed by atoms with Crippen molar-refractivity contribution in [2.75, 3.05) is 13.7 Å². The number of hydrogen-bond donors (Lipinski definition) is 0. The van der Waals surface area contributed by atoms with E-state index in [1.54, 1.807) is 24.1 Å². The van der Waals surface area contributed by atoms with E-state index >= 15 is 0 Å². The average Bonchev–Trinajstić information content (AvgIpc) is 2.59. The molecule has 25 heavy (non-hydrogen) atoms. The van der Waals surface area contributed by atoms with Crippen LogP contribution in [-0.4, -0.2) is 42.8 Å². The zero-order valence-electron chi connectivity index (χ0n) is 16.1. The maximum absolute atomic E-state index is 12.2. The summed E-state index contributed by atoms with van der Waals surface area (Å²) in [5.74, 6) is -0.334. The first-order chi connectivity index (χ1) is 11.9. The zero-order valence-corrected chi connectivity index (χ0v) is 16.1. The van der Waals surface area contributed by atoms with E-state index < -0.39 is 0 Å². The molecule has 2 unspecified atom stereocenters. The van der Waals surface area contributed by atoms with Crippen LogP contribution in [0.5, 0.6) is 0 Å². The number of benzene rings is 1. The van der Waals surface area contributed by atoms with E-state index in [0.717, 1.165) is 19.3 Å². The number of carbonyl (C=O) groups is 2. The van der Waals surface area contributed by atoms with Crippen LogP contribution in [0.2, 0.25) is 0 Å². The van der Waals surface area contributed by atoms with E-state index in [1.165, 1.54) is 5.56 Å². The fourth-order valence-electron chi connectivity index (χ4n) is 2.50. The van der Waals surface area contributed by atoms with Gasteiger partial charge in [-0.1, -0.05) is 32.4 Å². The summed E-state index contributed by atoms with van der Waals surface area (Å²) in [7, 11) is 1.70. The van der Waals surface area contributed by atoms with Gasteiger partial charge in [0, 0.05) is 19.5 Å². The first-order valence-electron chi connectivity index (χ1n) is 9.08. The van der Waals surface area contributed by atoms with Crippen molar-refractivity contribution in [1.29, 1.82) is 0 Å². The molecule has 0 saturated carbocycles. The highest BCUT2D eigenvalue weighted by Gasteiger charge is 2.21. The molecule has 1 rings (SSSR count). The molecule has 5 heteroatoms. The van der Waals surface area contributed by atoms with Gasteiger partial charge in [-0.3, -0.25) is 0 Å². The first kappa shape index (κ1) is 21.0. The lowest BCUT2D eigenvalue weighted by Crippen LogP contribution is -2.38. The lowest BCUT2D eigenvalue weighted by atomic mass is 10.1. The maximum Gasteiger partial charge on any atom is 0.409 e. The number of carbonyl (C=O) groups excluding carboxylic acids is 2. The third kappa shape index (κ3) is 7.16. The molecule has 2 atom stereocenters. The summed E-state index contributed by atoms with van der Waals surface area (Å²) >= 11 is 0. The Labute approximate surface area is 151 Å². The maximum atomic E-state index is 12.2. The molecule has 0 aliphatic rings. The van der Waals surface area contributed by atoms with Crippen molar-refractivity contribution in [3.63, 3.8) is 0 Å². The van der Waals surface area contributed by atoms with Gasteiger partial charge in [-0.25, -0.2) is 9.59 Å². The molecule has 0 N–H and O–H groups in total. The number of hydrogen-bond acceptors (Lipinski definition) is 4. The number of nitrogens with zero attached hydrogens (tertiary/aromatic N) is 1. The second kappa shape index (κ2) is 10.7. The summed E-state index contributed by atoms with van der Waals surface area (Å²) in [4.78, 5) is 25.6. The predicted octanol–water partition coefficient (Wildman–Crippen LogP) is 4.44. The molecule has 0 aromatic heterocycles. The molecular weight excluding hydrogens is 318 g/mol. The molecular formula is C20H31NO4. The Morgan fingerprint density at radius 2 is 1.72 bits per heavy atom. The van der Waals surface area contributed by atoms with Crippen molar-refractivity contribution in [3.8, 4) is 0 Å². The third-order valence-corrected chi connectivity index (χ3v) is 4.09. The Kier molecular flexibility index (Phi) is 9.03. The lowest BCUT2D eigenvalue weighted by molar-refractivity contribution is 0.0263. The summed E-state index contributed by atoms with van der Waals surface area (Å²) in [5, 5.41) is 0. The van der Waals surface area contributed by atoms with E-state index in [9.17, 15) is 9.59 Å². The van der Waals surface area contributed by atoms with Gasteiger partial charge in [0.25, 0.3) is 0 Å². The summed E-state index contributed by atoms with van der Waals surface area (Å²) < 4.78 is 10.6. The Hall–Kier alpha value is -2.04. The molecule has 0 aliphatic heterocycles. The number of aryl methyl sites for hydroxylation is 1. The second-order valence-electron chi connectivity index (χ2n) is 6.47. The number of rotatable bonds is 9. The van der Waals surface area contributed by atoms with Crippen LogP contribution in [0.4, 0.5) is 4.79 Å². The van der Waals surface area contributed by atoms with Crippen molar-refractivity contribution in [1.82, 2.24) is 4.90 Å². The molecule has 5 nitrogen and oxygen atoms in total. The van der Waals surface area contributed by atoms with Gasteiger partial charge in [0.1, 0.15) is 6.10 Å². The molecule has 0 bridgehead atoms. The van der Waals surface area contributed by atoms with Crippen molar-refractivity contribution in [3.05, 3.63) is 35.4 Å². The van der Waals surface area contributed by atoms with Gasteiger partial charge in [-0.2, -0.15) is 0 Å². The van der Waals surface area contributed by atoms with Crippen LogP contribution in [0.25, 0.3) is 0 Å². The van der Waals surface area contributed by atoms with Crippen LogP contribution < -0.4 is 0 Å². The van der Waals surface area contributed by atoms with Crippen molar-refractivity contribution >= 4 is 12.1 Å². The molecule has 1 aromatic carbocycles. The normalized spacial score (nSPS) is 13.0. The summed E-state index contributed by atoms with van der Waals surface area (Å²) in [6.07, 6.45) is 2.78. The minimum atomic E-state index is -0.348. The van der Waals surface area contributed by atoms with Crippen LogP contribution in [0.3, 0.4) is 0 Å². The van der Waals surface area contributed by atoms with Gasteiger partial charge >= 0.3 is 12.1 Å². The minimum Gasteiger partial charge on any atom is -0.459 e. The van der Waals surface area contributed by atoms with Gasteiger partial charge in [-0.15, -0.1) is 0 Å². The second-order valence-corrected chi connectivity index (χ2v) is 6.47. The van der Waals surface area contributed by atoms with Gasteiger partial charge in [-0.05, 0) is 44.4 Å². The van der Waals surface area contributed by atoms with Crippen LogP contribution in [0.15, 0.2) is 24.3 Å². The highest BCUT2D eigenvalue weighted by atomic mass is 16.6. The van der Waals surface area contributed by atoms with Gasteiger partial charge in [0.15, 0.2) is 0 Å². The van der Waals surface area contributed by atoms with E-state index in [4.69, 9.17) is 9.47 Å². The molecule has 0 saturated heterocycles. The quantitative estimate of drug-likeness (QED) is 0.618. The highest BCUT2D eigenvalue weighted by molar-refractivity contribution is 5.89. The Morgan fingerprint density at radius 1 is 1.08 bits per heavy atom. The molecule has 0 heterocycles. The summed E-state index contributed by atoms with van der Waals surface area (Å²) in [6, 6.07) is 7.45. The fourth-order valence-corrected chi connectivity index (χ4v) is 2.50. The third-order valence-electron chi connectivity index (χ3n) is 4.09. The van der Waals surface area contributed by atoms with Crippen molar-refractivity contribution in [2.45, 2.75) is 65.5 Å². The zero-order chi connectivity index (χ0) is 18.8. The van der Waals surface area contributed by atoms with Crippen molar-refractivity contribution < 1.29 is 19.1 Å². The standard InChI is InChI=1S/C20H31NO4/c1-6-8-17-9-11-18(12-10-17)19(22)25-16(4)14-15(3)21(5)20(23)24-13-7-2/h9-12,15-16H,6-8,13-14H2,1-5H3. The molecule has 1 amide bonds. The van der Waals surface area contributed by atoms with E-state index in [-0.39, 0.29) is 24.2 Å². The highest BCUT2D eigenvalue weighted by Crippen LogP contribution is 2.13. The molecule has 0 radical (unpaired) electrons. The first-order valence-corrected chi connectivity index (χ1v) is 9.08. The molecule has 140 valence electrons. The van der Waals surface area contributed by atoms with Crippen molar-refractivity contribution in [2.24, 2.45) is 0 Å². The van der Waals surface area contributed by atoms with Crippen LogP contribution in [0, 0.1) is 0 Å². The van der Waals surface area contributed by atoms with Crippen LogP contribution in [-0.2, 0) is 15.9 Å². The smallest absolute Gasteiger partial charge is 0.409 e. The summed E-state index contributed by atoms with van der Waals surface area (Å²) in [5.41, 5.74) is 1.77. The number of ether oxygens (including phenoxy) is 2. The summed E-state index contributed by atoms with van der Waals surface area (Å²) in [6.45, 7) is 8.24. The topological polar surface area (TPSA) is 55.8 Å². The van der Waals surface area contributed by atoms with E-state index in [1.807, 2.05) is 32.9 Å². The number of esters is 1. The molecule has 0 fully saturated rings. The average molecular weight is 349 g/mol. The molecule has 0 spiro atoms. The Balaban J connectivity index is 2.50. The lowest BCUT2D eigenvalue weighted by Gasteiger charge is -2.26. The van der Waals surface area contributed by atoms with E-state index in [2.05, 4.69) is 6.92 Å².